The normalized spacial score (nSPS) is 10.7. The second-order valence-electron chi connectivity index (χ2n) is 5.51. The van der Waals surface area contributed by atoms with Gasteiger partial charge in [0.1, 0.15) is 17.2 Å². The third-order valence-corrected chi connectivity index (χ3v) is 4.32. The van der Waals surface area contributed by atoms with Crippen molar-refractivity contribution in [2.75, 3.05) is 13.7 Å². The van der Waals surface area contributed by atoms with Crippen molar-refractivity contribution < 1.29 is 14.3 Å². The number of ether oxygens (including phenoxy) is 1. The van der Waals surface area contributed by atoms with Crippen LogP contribution in [0.25, 0.3) is 10.6 Å². The van der Waals surface area contributed by atoms with Crippen LogP contribution in [0.4, 0.5) is 0 Å². The molecule has 23 heavy (non-hydrogen) atoms. The van der Waals surface area contributed by atoms with E-state index in [1.807, 2.05) is 45.0 Å². The molecule has 122 valence electrons. The van der Waals surface area contributed by atoms with Crippen LogP contribution in [0.3, 0.4) is 0 Å². The van der Waals surface area contributed by atoms with Crippen molar-refractivity contribution in [3.8, 4) is 10.6 Å². The maximum absolute atomic E-state index is 12.6. The summed E-state index contributed by atoms with van der Waals surface area (Å²) in [6.45, 7) is 5.65. The molecule has 0 saturated carbocycles. The zero-order valence-electron chi connectivity index (χ0n) is 13.7. The first-order valence-corrected chi connectivity index (χ1v) is 8.20. The lowest BCUT2D eigenvalue weighted by atomic mass is 10.2. The highest BCUT2D eigenvalue weighted by atomic mass is 32.1. The summed E-state index contributed by atoms with van der Waals surface area (Å²) in [5, 5.41) is 2.51. The van der Waals surface area contributed by atoms with Gasteiger partial charge in [-0.15, -0.1) is 11.3 Å². The molecule has 0 unspecified atom stereocenters. The molecule has 0 saturated heterocycles. The zero-order chi connectivity index (χ0) is 17.0. The van der Waals surface area contributed by atoms with Crippen LogP contribution in [0.5, 0.6) is 0 Å². The summed E-state index contributed by atoms with van der Waals surface area (Å²) in [4.78, 5) is 30.0. The van der Waals surface area contributed by atoms with E-state index in [1.54, 1.807) is 5.38 Å². The number of benzene rings is 1. The number of rotatable bonds is 5. The van der Waals surface area contributed by atoms with Crippen molar-refractivity contribution in [3.63, 3.8) is 0 Å². The van der Waals surface area contributed by atoms with Crippen molar-refractivity contribution >= 4 is 23.2 Å². The number of carbonyl (C=O) groups is 2. The van der Waals surface area contributed by atoms with Crippen molar-refractivity contribution in [2.45, 2.75) is 26.8 Å². The van der Waals surface area contributed by atoms with Crippen LogP contribution in [0, 0.1) is 6.92 Å². The van der Waals surface area contributed by atoms with Gasteiger partial charge in [-0.1, -0.05) is 29.8 Å². The third kappa shape index (κ3) is 4.16. The van der Waals surface area contributed by atoms with Crippen LogP contribution in [-0.4, -0.2) is 41.5 Å². The molecule has 2 aromatic rings. The van der Waals surface area contributed by atoms with Gasteiger partial charge in [0.15, 0.2) is 0 Å². The Labute approximate surface area is 139 Å². The number of amides is 1. The average Bonchev–Trinajstić information content (AvgIpc) is 3.02. The molecule has 0 radical (unpaired) electrons. The van der Waals surface area contributed by atoms with Gasteiger partial charge in [-0.25, -0.2) is 4.98 Å². The van der Waals surface area contributed by atoms with E-state index in [0.29, 0.717) is 5.69 Å². The Bertz CT molecular complexity index is 692. The van der Waals surface area contributed by atoms with Gasteiger partial charge in [-0.2, -0.15) is 0 Å². The predicted octanol–water partition coefficient (Wildman–Crippen LogP) is 3.14. The number of hydrogen-bond acceptors (Lipinski definition) is 5. The van der Waals surface area contributed by atoms with E-state index < -0.39 is 5.97 Å². The van der Waals surface area contributed by atoms with Crippen molar-refractivity contribution in [2.24, 2.45) is 0 Å². The van der Waals surface area contributed by atoms with E-state index >= 15 is 0 Å². The smallest absolute Gasteiger partial charge is 0.325 e. The Morgan fingerprint density at radius 2 is 1.91 bits per heavy atom. The monoisotopic (exact) mass is 332 g/mol. The molecule has 0 fully saturated rings. The van der Waals surface area contributed by atoms with Crippen LogP contribution in [-0.2, 0) is 9.53 Å². The van der Waals surface area contributed by atoms with Gasteiger partial charge < -0.3 is 9.64 Å². The fourth-order valence-corrected chi connectivity index (χ4v) is 2.84. The summed E-state index contributed by atoms with van der Waals surface area (Å²) in [5.41, 5.74) is 2.50. The first kappa shape index (κ1) is 17.1. The molecule has 5 nitrogen and oxygen atoms in total. The molecule has 0 spiro atoms. The molecule has 2 rings (SSSR count). The van der Waals surface area contributed by atoms with E-state index in [9.17, 15) is 9.59 Å². The molecule has 1 heterocycles. The number of carbonyl (C=O) groups excluding carboxylic acids is 2. The molecule has 0 N–H and O–H groups in total. The molecule has 1 aromatic heterocycles. The largest absolute Gasteiger partial charge is 0.468 e. The molecule has 1 amide bonds. The van der Waals surface area contributed by atoms with Crippen molar-refractivity contribution in [3.05, 3.63) is 40.9 Å². The first-order chi connectivity index (χ1) is 10.9. The molecular formula is C17H20N2O3S. The van der Waals surface area contributed by atoms with Crippen molar-refractivity contribution in [1.29, 1.82) is 0 Å². The summed E-state index contributed by atoms with van der Waals surface area (Å²) >= 11 is 1.42. The molecule has 0 atom stereocenters. The standard InChI is InChI=1S/C17H20N2O3S/c1-11(2)19(9-15(20)22-4)17(21)14-10-23-16(18-14)13-7-5-12(3)6-8-13/h5-8,10-11H,9H2,1-4H3. The van der Waals surface area contributed by atoms with Gasteiger partial charge >= 0.3 is 5.97 Å². The first-order valence-electron chi connectivity index (χ1n) is 7.32. The van der Waals surface area contributed by atoms with Gasteiger partial charge in [0, 0.05) is 17.0 Å². The van der Waals surface area contributed by atoms with Gasteiger partial charge in [-0.3, -0.25) is 9.59 Å². The van der Waals surface area contributed by atoms with E-state index in [2.05, 4.69) is 9.72 Å². The molecule has 1 aromatic carbocycles. The van der Waals surface area contributed by atoms with Crippen LogP contribution < -0.4 is 0 Å². The van der Waals surface area contributed by atoms with Crippen LogP contribution >= 0.6 is 11.3 Å². The maximum Gasteiger partial charge on any atom is 0.325 e. The summed E-state index contributed by atoms with van der Waals surface area (Å²) < 4.78 is 4.65. The fourth-order valence-electron chi connectivity index (χ4n) is 2.04. The molecule has 0 aliphatic carbocycles. The lowest BCUT2D eigenvalue weighted by molar-refractivity contribution is -0.141. The highest BCUT2D eigenvalue weighted by molar-refractivity contribution is 7.13. The Morgan fingerprint density at radius 3 is 2.48 bits per heavy atom. The topological polar surface area (TPSA) is 59.5 Å². The Balaban J connectivity index is 2.22. The van der Waals surface area contributed by atoms with E-state index in [-0.39, 0.29) is 18.5 Å². The van der Waals surface area contributed by atoms with Gasteiger partial charge in [-0.05, 0) is 20.8 Å². The number of methoxy groups -OCH3 is 1. The van der Waals surface area contributed by atoms with Crippen molar-refractivity contribution in [1.82, 2.24) is 9.88 Å². The summed E-state index contributed by atoms with van der Waals surface area (Å²) in [6.07, 6.45) is 0. The van der Waals surface area contributed by atoms with E-state index in [0.717, 1.165) is 10.6 Å². The minimum atomic E-state index is -0.443. The van der Waals surface area contributed by atoms with Gasteiger partial charge in [0.25, 0.3) is 5.91 Å². The number of hydrogen-bond donors (Lipinski definition) is 0. The second-order valence-corrected chi connectivity index (χ2v) is 6.36. The molecular weight excluding hydrogens is 312 g/mol. The van der Waals surface area contributed by atoms with Crippen LogP contribution in [0.15, 0.2) is 29.6 Å². The fraction of sp³-hybridized carbons (Fsp3) is 0.353. The minimum Gasteiger partial charge on any atom is -0.468 e. The third-order valence-electron chi connectivity index (χ3n) is 3.43. The van der Waals surface area contributed by atoms with Gasteiger partial charge in [0.2, 0.25) is 0 Å². The Hall–Kier alpha value is -2.21. The quantitative estimate of drug-likeness (QED) is 0.789. The van der Waals surface area contributed by atoms with Crippen LogP contribution in [0.2, 0.25) is 0 Å². The molecule has 0 bridgehead atoms. The second kappa shape index (κ2) is 7.37. The highest BCUT2D eigenvalue weighted by Crippen LogP contribution is 2.24. The molecule has 0 aliphatic rings. The summed E-state index contributed by atoms with van der Waals surface area (Å²) in [5.74, 6) is -0.707. The number of aryl methyl sites for hydroxylation is 1. The highest BCUT2D eigenvalue weighted by Gasteiger charge is 2.24. The van der Waals surface area contributed by atoms with Crippen LogP contribution in [0.1, 0.15) is 29.9 Å². The summed E-state index contributed by atoms with van der Waals surface area (Å²) in [7, 11) is 1.31. The number of thiazole rings is 1. The lowest BCUT2D eigenvalue weighted by Crippen LogP contribution is -2.41. The number of aromatic nitrogens is 1. The Morgan fingerprint density at radius 1 is 1.26 bits per heavy atom. The maximum atomic E-state index is 12.6. The molecule has 0 aliphatic heterocycles. The summed E-state index contributed by atoms with van der Waals surface area (Å²) in [6, 6.07) is 7.87. The van der Waals surface area contributed by atoms with Gasteiger partial charge in [0.05, 0.1) is 7.11 Å². The van der Waals surface area contributed by atoms with E-state index in [1.165, 1.54) is 28.9 Å². The lowest BCUT2D eigenvalue weighted by Gasteiger charge is -2.24. The Kier molecular flexibility index (Phi) is 5.50. The van der Waals surface area contributed by atoms with E-state index in [4.69, 9.17) is 0 Å². The average molecular weight is 332 g/mol. The number of nitrogens with zero attached hydrogens (tertiary/aromatic N) is 2. The SMILES string of the molecule is COC(=O)CN(C(=O)c1csc(-c2ccc(C)cc2)n1)C(C)C. The number of esters is 1. The predicted molar refractivity (Wildman–Crippen MR) is 90.5 cm³/mol. The minimum absolute atomic E-state index is 0.0790. The zero-order valence-corrected chi connectivity index (χ0v) is 14.5. The molecule has 6 heteroatoms.